The number of alkyl halides is 3. The van der Waals surface area contributed by atoms with Gasteiger partial charge in [0.25, 0.3) is 5.91 Å². The molecule has 38 heavy (non-hydrogen) atoms. The van der Waals surface area contributed by atoms with Crippen LogP contribution in [-0.4, -0.2) is 45.0 Å². The van der Waals surface area contributed by atoms with Crippen LogP contribution in [0.5, 0.6) is 5.75 Å². The third kappa shape index (κ3) is 8.56. The number of likely N-dealkylation sites (tertiary alicyclic amines) is 1. The Morgan fingerprint density at radius 3 is 2.45 bits per heavy atom. The lowest BCUT2D eigenvalue weighted by atomic mass is 9.88. The minimum absolute atomic E-state index is 0.110. The summed E-state index contributed by atoms with van der Waals surface area (Å²) in [4.78, 5) is 33.0. The van der Waals surface area contributed by atoms with Gasteiger partial charge in [-0.15, -0.1) is 0 Å². The van der Waals surface area contributed by atoms with Crippen molar-refractivity contribution in [3.63, 3.8) is 0 Å². The van der Waals surface area contributed by atoms with Crippen molar-refractivity contribution < 1.29 is 27.9 Å². The standard InChI is InChI=1S/C21H27F3N4O2.C7H12O/c1-4-7-14(25)18-15(26-9-5-2)8-10-28(16(18)6-3)20(30)13-11-17(29)19(27-12-13)21(22,23)24;1-4-6(3)7(8)5-2/h5,9,11-12,16,29H,4,6-8,10,25H2,1-3H3;5-6H,2,4H2,1,3H3/b9-5+,18-14+,26-15+;. The molecule has 0 saturated carbocycles. The maximum Gasteiger partial charge on any atom is 0.437 e. The lowest BCUT2D eigenvalue weighted by Gasteiger charge is -2.39. The van der Waals surface area contributed by atoms with E-state index in [1.54, 1.807) is 17.2 Å². The van der Waals surface area contributed by atoms with Gasteiger partial charge in [0.2, 0.25) is 0 Å². The summed E-state index contributed by atoms with van der Waals surface area (Å²) in [5, 5.41) is 9.74. The summed E-state index contributed by atoms with van der Waals surface area (Å²) in [7, 11) is 0. The van der Waals surface area contributed by atoms with E-state index in [0.29, 0.717) is 31.5 Å². The van der Waals surface area contributed by atoms with Crippen molar-refractivity contribution in [1.82, 2.24) is 9.88 Å². The molecule has 2 rings (SSSR count). The number of piperidine rings is 1. The molecule has 1 aliphatic heterocycles. The van der Waals surface area contributed by atoms with E-state index in [-0.39, 0.29) is 23.3 Å². The number of aromatic nitrogens is 1. The topological polar surface area (TPSA) is 109 Å². The molecular formula is C28H39F3N4O3. The number of amides is 1. The van der Waals surface area contributed by atoms with Crippen molar-refractivity contribution in [2.24, 2.45) is 16.6 Å². The molecule has 2 unspecified atom stereocenters. The fourth-order valence-electron chi connectivity index (χ4n) is 3.99. The minimum atomic E-state index is -4.80. The molecule has 0 aromatic carbocycles. The van der Waals surface area contributed by atoms with Gasteiger partial charge in [0.05, 0.1) is 11.6 Å². The van der Waals surface area contributed by atoms with E-state index in [1.165, 1.54) is 6.08 Å². The first-order chi connectivity index (χ1) is 17.9. The second kappa shape index (κ2) is 15.1. The fourth-order valence-corrected chi connectivity index (χ4v) is 3.99. The van der Waals surface area contributed by atoms with Crippen LogP contribution in [0.15, 0.2) is 53.5 Å². The van der Waals surface area contributed by atoms with E-state index >= 15 is 0 Å². The fraction of sp³-hybridized carbons (Fsp3) is 0.500. The number of hydrogen-bond acceptors (Lipinski definition) is 6. The van der Waals surface area contributed by atoms with Gasteiger partial charge in [-0.1, -0.05) is 46.8 Å². The number of aromatic hydroxyl groups is 1. The van der Waals surface area contributed by atoms with E-state index in [4.69, 9.17) is 5.73 Å². The molecule has 0 spiro atoms. The molecule has 1 saturated heterocycles. The summed E-state index contributed by atoms with van der Waals surface area (Å²) in [6.45, 7) is 13.4. The van der Waals surface area contributed by atoms with Crippen molar-refractivity contribution in [2.45, 2.75) is 78.9 Å². The number of nitrogens with two attached hydrogens (primary N) is 1. The Labute approximate surface area is 223 Å². The molecule has 1 fully saturated rings. The highest BCUT2D eigenvalue weighted by atomic mass is 19.4. The van der Waals surface area contributed by atoms with E-state index < -0.39 is 23.5 Å². The van der Waals surface area contributed by atoms with Crippen molar-refractivity contribution >= 4 is 17.4 Å². The molecule has 3 N–H and O–H groups in total. The summed E-state index contributed by atoms with van der Waals surface area (Å²) in [5.41, 5.74) is 7.06. The van der Waals surface area contributed by atoms with Crippen LogP contribution in [0.1, 0.15) is 82.8 Å². The van der Waals surface area contributed by atoms with Gasteiger partial charge in [-0.3, -0.25) is 14.6 Å². The van der Waals surface area contributed by atoms with E-state index in [9.17, 15) is 27.9 Å². The van der Waals surface area contributed by atoms with Crippen LogP contribution < -0.4 is 5.73 Å². The number of carbonyl (C=O) groups excluding carboxylic acids is 2. The summed E-state index contributed by atoms with van der Waals surface area (Å²) in [6.07, 6.45) is 4.31. The third-order valence-corrected chi connectivity index (χ3v) is 6.18. The Hall–Kier alpha value is -3.43. The number of halogens is 3. The number of hydrogen-bond donors (Lipinski definition) is 2. The predicted molar refractivity (Wildman–Crippen MR) is 144 cm³/mol. The largest absolute Gasteiger partial charge is 0.506 e. The predicted octanol–water partition coefficient (Wildman–Crippen LogP) is 6.21. The highest BCUT2D eigenvalue weighted by molar-refractivity contribution is 6.05. The Morgan fingerprint density at radius 1 is 1.34 bits per heavy atom. The maximum absolute atomic E-state index is 13.1. The lowest BCUT2D eigenvalue weighted by molar-refractivity contribution is -0.142. The number of nitrogens with zero attached hydrogens (tertiary/aromatic N) is 3. The van der Waals surface area contributed by atoms with E-state index in [1.807, 2.05) is 34.6 Å². The zero-order valence-electron chi connectivity index (χ0n) is 22.8. The van der Waals surface area contributed by atoms with Gasteiger partial charge < -0.3 is 15.7 Å². The molecule has 0 bridgehead atoms. The van der Waals surface area contributed by atoms with Crippen LogP contribution in [0.3, 0.4) is 0 Å². The summed E-state index contributed by atoms with van der Waals surface area (Å²) in [6, 6.07) is 0.443. The summed E-state index contributed by atoms with van der Waals surface area (Å²) >= 11 is 0. The van der Waals surface area contributed by atoms with Crippen molar-refractivity contribution in [1.29, 1.82) is 0 Å². The van der Waals surface area contributed by atoms with Crippen molar-refractivity contribution in [3.8, 4) is 5.75 Å². The first kappa shape index (κ1) is 32.6. The molecule has 210 valence electrons. The molecule has 10 heteroatoms. The Balaban J connectivity index is 0.000000781. The summed E-state index contributed by atoms with van der Waals surface area (Å²) < 4.78 is 38.6. The van der Waals surface area contributed by atoms with Crippen LogP contribution in [0.2, 0.25) is 0 Å². The highest BCUT2D eigenvalue weighted by Crippen LogP contribution is 2.35. The molecule has 1 aromatic rings. The summed E-state index contributed by atoms with van der Waals surface area (Å²) in [5.74, 6) is -1.28. The van der Waals surface area contributed by atoms with Gasteiger partial charge in [0.15, 0.2) is 11.5 Å². The second-order valence-electron chi connectivity index (χ2n) is 8.92. The number of pyridine rings is 1. The number of aliphatic imine (C=N–C) groups is 1. The average Bonchev–Trinajstić information content (AvgIpc) is 2.89. The van der Waals surface area contributed by atoms with Gasteiger partial charge in [0, 0.05) is 48.3 Å². The number of rotatable bonds is 8. The van der Waals surface area contributed by atoms with Crippen LogP contribution in [0, 0.1) is 5.92 Å². The SMILES string of the molecule is C/C=C/N=C1\CCN(C(=O)c2cnc(C(F)(F)F)c(O)c2)C(CC)\C1=C(\N)CCC.C=CC(=O)C(C)CC. The first-order valence-electron chi connectivity index (χ1n) is 12.8. The molecule has 1 amide bonds. The van der Waals surface area contributed by atoms with Crippen LogP contribution in [0.4, 0.5) is 13.2 Å². The lowest BCUT2D eigenvalue weighted by Crippen LogP contribution is -2.48. The maximum atomic E-state index is 13.1. The Morgan fingerprint density at radius 2 is 2.00 bits per heavy atom. The monoisotopic (exact) mass is 536 g/mol. The van der Waals surface area contributed by atoms with Gasteiger partial charge in [0.1, 0.15) is 5.75 Å². The average molecular weight is 537 g/mol. The molecule has 2 atom stereocenters. The highest BCUT2D eigenvalue weighted by Gasteiger charge is 2.38. The normalized spacial score (nSPS) is 19.1. The molecule has 0 radical (unpaired) electrons. The quantitative estimate of drug-likeness (QED) is 0.384. The Kier molecular flexibility index (Phi) is 13.0. The Bertz CT molecular complexity index is 1080. The van der Waals surface area contributed by atoms with Gasteiger partial charge in [-0.25, -0.2) is 4.98 Å². The molecule has 2 heterocycles. The third-order valence-electron chi connectivity index (χ3n) is 6.18. The van der Waals surface area contributed by atoms with E-state index in [2.05, 4.69) is 16.6 Å². The van der Waals surface area contributed by atoms with Crippen molar-refractivity contribution in [3.05, 3.63) is 59.7 Å². The van der Waals surface area contributed by atoms with Crippen molar-refractivity contribution in [2.75, 3.05) is 6.54 Å². The molecule has 1 aromatic heterocycles. The zero-order chi connectivity index (χ0) is 29.0. The molecule has 7 nitrogen and oxygen atoms in total. The van der Waals surface area contributed by atoms with Crippen LogP contribution >= 0.6 is 0 Å². The molecular weight excluding hydrogens is 497 g/mol. The van der Waals surface area contributed by atoms with Crippen LogP contribution in [0.25, 0.3) is 0 Å². The van der Waals surface area contributed by atoms with Gasteiger partial charge in [-0.2, -0.15) is 13.2 Å². The number of allylic oxidation sites excluding steroid dienone is 3. The van der Waals surface area contributed by atoms with Gasteiger partial charge >= 0.3 is 6.18 Å². The first-order valence-corrected chi connectivity index (χ1v) is 12.8. The second-order valence-corrected chi connectivity index (χ2v) is 8.92. The van der Waals surface area contributed by atoms with Gasteiger partial charge in [-0.05, 0) is 38.3 Å². The minimum Gasteiger partial charge on any atom is -0.506 e. The molecule has 1 aliphatic rings. The molecule has 0 aliphatic carbocycles. The zero-order valence-corrected chi connectivity index (χ0v) is 22.8. The van der Waals surface area contributed by atoms with Crippen LogP contribution in [-0.2, 0) is 11.0 Å². The van der Waals surface area contributed by atoms with E-state index in [0.717, 1.165) is 36.4 Å². The number of ketones is 1. The number of carbonyl (C=O) groups is 2. The smallest absolute Gasteiger partial charge is 0.437 e.